The molecule has 42 heteroatoms. The molecule has 3 saturated heterocycles. The molecule has 3 amide bonds. The maximum absolute atomic E-state index is 15.4. The molecule has 3 N–H and O–H groups in total. The topological polar surface area (TPSA) is 346 Å². The average Bonchev–Trinajstić information content (AvgIpc) is 0.728. The fourth-order valence-electron chi connectivity index (χ4n) is 16.4. The van der Waals surface area contributed by atoms with Gasteiger partial charge in [0.05, 0.1) is 115 Å². The minimum absolute atomic E-state index is 0.0543. The standard InChI is InChI=1S/3C31H25Cl3F2N6O3/c3*1-5-19(43)40-8-10-41(11-9-40)28-16-12-18(32)26(20-21(33)29(44)22(34)24(36)23(20)35)39-30(16)42(31(45)17(28)13-37)27-15(4)6-7-38-25(27)14(2)3/h3*5-7,12,14,44H,1,8-11H2,2-4H3. The van der Waals surface area contributed by atoms with Crippen LogP contribution in [-0.4, -0.2) is 170 Å². The lowest BCUT2D eigenvalue weighted by atomic mass is 10.0. The monoisotopic (exact) mass is 2020 g/mol. The van der Waals surface area contributed by atoms with Crippen molar-refractivity contribution in [2.75, 3.05) is 93.2 Å². The second-order valence-electron chi connectivity index (χ2n) is 32.0. The van der Waals surface area contributed by atoms with E-state index in [0.717, 1.165) is 0 Å². The fraction of sp³-hybridized carbons (Fsp3) is 0.258. The molecular formula is C93H75Cl9F6N18O9. The number of halogens is 15. The van der Waals surface area contributed by atoms with Crippen LogP contribution in [0.15, 0.2) is 107 Å². The highest BCUT2D eigenvalue weighted by Gasteiger charge is 2.38. The molecule has 0 saturated carbocycles. The van der Waals surface area contributed by atoms with Gasteiger partial charge in [-0.05, 0) is 110 Å². The van der Waals surface area contributed by atoms with E-state index in [0.29, 0.717) is 50.8 Å². The average molecular weight is 2020 g/mol. The van der Waals surface area contributed by atoms with Gasteiger partial charge >= 0.3 is 0 Å². The minimum Gasteiger partial charge on any atom is -0.505 e. The predicted molar refractivity (Wildman–Crippen MR) is 509 cm³/mol. The van der Waals surface area contributed by atoms with E-state index in [-0.39, 0.29) is 213 Å². The Kier molecular flexibility index (Phi) is 29.6. The summed E-state index contributed by atoms with van der Waals surface area (Å²) in [5.41, 5.74) is -1.03. The summed E-state index contributed by atoms with van der Waals surface area (Å²) in [6.45, 7) is 30.4. The Morgan fingerprint density at radius 2 is 0.600 bits per heavy atom. The summed E-state index contributed by atoms with van der Waals surface area (Å²) in [4.78, 5) is 117. The molecule has 696 valence electrons. The number of aryl methyl sites for hydroxylation is 3. The van der Waals surface area contributed by atoms with Crippen LogP contribution in [0.3, 0.4) is 0 Å². The third kappa shape index (κ3) is 17.8. The molecule has 0 radical (unpaired) electrons. The number of phenols is 3. The van der Waals surface area contributed by atoms with Crippen molar-refractivity contribution in [1.82, 2.24) is 58.3 Å². The second-order valence-corrected chi connectivity index (χ2v) is 35.5. The number of piperazine rings is 3. The Balaban J connectivity index is 0.000000171. The van der Waals surface area contributed by atoms with Gasteiger partial charge in [-0.3, -0.25) is 57.4 Å². The molecule has 0 atom stereocenters. The first kappa shape index (κ1) is 99.7. The van der Waals surface area contributed by atoms with Gasteiger partial charge in [-0.2, -0.15) is 15.8 Å². The van der Waals surface area contributed by atoms with Crippen LogP contribution in [0.4, 0.5) is 43.4 Å². The third-order valence-electron chi connectivity index (χ3n) is 23.0. The van der Waals surface area contributed by atoms with Crippen molar-refractivity contribution in [1.29, 1.82) is 15.8 Å². The summed E-state index contributed by atoms with van der Waals surface area (Å²) in [5, 5.41) is 57.5. The number of rotatable bonds is 15. The molecule has 3 aromatic carbocycles. The fourth-order valence-corrected chi connectivity index (χ4v) is 18.6. The van der Waals surface area contributed by atoms with Gasteiger partial charge in [-0.25, -0.2) is 41.3 Å². The maximum atomic E-state index is 15.4. The van der Waals surface area contributed by atoms with E-state index in [9.17, 15) is 73.0 Å². The molecule has 3 aliphatic rings. The van der Waals surface area contributed by atoms with Crippen LogP contribution in [-0.2, 0) is 14.4 Å². The summed E-state index contributed by atoms with van der Waals surface area (Å²) >= 11 is 56.0. The molecule has 27 nitrogen and oxygen atoms in total. The van der Waals surface area contributed by atoms with E-state index in [1.807, 2.05) is 59.8 Å². The molecule has 12 aromatic rings. The van der Waals surface area contributed by atoms with Crippen molar-refractivity contribution >= 4 is 172 Å². The highest BCUT2D eigenvalue weighted by atomic mass is 35.5. The highest BCUT2D eigenvalue weighted by molar-refractivity contribution is 6.42. The van der Waals surface area contributed by atoms with Gasteiger partial charge in [0.15, 0.2) is 52.2 Å². The molecule has 0 bridgehead atoms. The summed E-state index contributed by atoms with van der Waals surface area (Å²) in [5.74, 6) is -13.3. The molecule has 0 spiro atoms. The number of carbonyl (C=O) groups is 3. The van der Waals surface area contributed by atoms with Crippen LogP contribution in [0.2, 0.25) is 45.2 Å². The Labute approximate surface area is 810 Å². The first-order valence-electron chi connectivity index (χ1n) is 41.1. The molecule has 12 heterocycles. The van der Waals surface area contributed by atoms with Crippen molar-refractivity contribution in [2.45, 2.75) is 80.1 Å². The van der Waals surface area contributed by atoms with Crippen LogP contribution in [0.25, 0.3) is 83.9 Å². The molecule has 3 aliphatic heterocycles. The predicted octanol–water partition coefficient (Wildman–Crippen LogP) is 19.6. The number of hydrogen-bond donors (Lipinski definition) is 3. The Hall–Kier alpha value is -12.7. The number of nitrogens with zero attached hydrogens (tertiary/aromatic N) is 18. The van der Waals surface area contributed by atoms with Gasteiger partial charge in [-0.15, -0.1) is 0 Å². The van der Waals surface area contributed by atoms with Crippen LogP contribution < -0.4 is 31.4 Å². The summed E-state index contributed by atoms with van der Waals surface area (Å²) < 4.78 is 94.1. The SMILES string of the molecule is C=CC(=O)N1CCN(c2c(C#N)c(=O)n(-c3c(C)ccnc3C(C)C)c3nc(-c4c(F)c(F)c(Cl)c(O)c4Cl)c(Cl)cc23)CC1.C=CC(=O)N1CCN(c2c(C#N)c(=O)n(-c3c(C)ccnc3C(C)C)c3nc(-c4c(F)c(F)c(Cl)c(O)c4Cl)c(Cl)cc23)CC1.C=CC(=O)N1CCN(c2c(C#N)c(=O)n(-c3c(C)ccnc3C(C)C)c3nc(-c4c(F)c(F)c(Cl)c(O)c4Cl)c(Cl)cc23)CC1. The Bertz CT molecular complexity index is 6650. The number of hydrogen-bond acceptors (Lipinski definition) is 21. The van der Waals surface area contributed by atoms with Gasteiger partial charge < -0.3 is 44.7 Å². The molecule has 3 fully saturated rings. The number of aromatic nitrogens is 9. The number of pyridine rings is 9. The highest BCUT2D eigenvalue weighted by Crippen LogP contribution is 2.51. The number of amides is 3. The van der Waals surface area contributed by atoms with Gasteiger partial charge in [0.1, 0.15) is 66.9 Å². The van der Waals surface area contributed by atoms with Crippen LogP contribution in [0.5, 0.6) is 17.2 Å². The number of anilines is 3. The number of nitriles is 3. The quantitative estimate of drug-likeness (QED) is 0.0371. The largest absolute Gasteiger partial charge is 0.505 e. The Morgan fingerprint density at radius 1 is 0.378 bits per heavy atom. The third-order valence-corrected chi connectivity index (χ3v) is 26.0. The smallest absolute Gasteiger partial charge is 0.276 e. The molecule has 135 heavy (non-hydrogen) atoms. The summed E-state index contributed by atoms with van der Waals surface area (Å²) in [7, 11) is 0. The number of phenolic OH excluding ortho intramolecular Hbond substituents is 3. The first-order valence-corrected chi connectivity index (χ1v) is 44.5. The van der Waals surface area contributed by atoms with Crippen molar-refractivity contribution in [3.05, 3.63) is 255 Å². The van der Waals surface area contributed by atoms with E-state index in [4.69, 9.17) is 104 Å². The Morgan fingerprint density at radius 3 is 0.800 bits per heavy atom. The molecule has 15 rings (SSSR count). The zero-order valence-corrected chi connectivity index (χ0v) is 79.6. The van der Waals surface area contributed by atoms with E-state index < -0.39 is 116 Å². The normalized spacial score (nSPS) is 13.4. The minimum atomic E-state index is -1.57. The van der Waals surface area contributed by atoms with E-state index >= 15 is 13.2 Å². The first-order chi connectivity index (χ1) is 64.0. The van der Waals surface area contributed by atoms with Crippen LogP contribution >= 0.6 is 104 Å². The zero-order chi connectivity index (χ0) is 98.7. The molecule has 0 unspecified atom stereocenters. The van der Waals surface area contributed by atoms with E-state index in [1.165, 1.54) is 50.1 Å². The van der Waals surface area contributed by atoms with Gasteiger partial charge in [-0.1, -0.05) is 166 Å². The number of carbonyl (C=O) groups excluding carboxylic acids is 3. The second kappa shape index (κ2) is 40.1. The van der Waals surface area contributed by atoms with Crippen molar-refractivity contribution in [3.8, 4) is 86.3 Å². The lowest BCUT2D eigenvalue weighted by Gasteiger charge is -2.36. The van der Waals surface area contributed by atoms with Crippen molar-refractivity contribution in [3.63, 3.8) is 0 Å². The van der Waals surface area contributed by atoms with Crippen LogP contribution in [0, 0.1) is 89.7 Å². The lowest BCUT2D eigenvalue weighted by molar-refractivity contribution is -0.127. The summed E-state index contributed by atoms with van der Waals surface area (Å²) in [6, 6.07) is 15.3. The summed E-state index contributed by atoms with van der Waals surface area (Å²) in [6.07, 6.45) is 8.41. The zero-order valence-electron chi connectivity index (χ0n) is 72.8. The van der Waals surface area contributed by atoms with E-state index in [2.05, 4.69) is 49.6 Å². The van der Waals surface area contributed by atoms with Gasteiger partial charge in [0.2, 0.25) is 17.7 Å². The van der Waals surface area contributed by atoms with E-state index in [1.54, 1.807) is 87.0 Å². The maximum Gasteiger partial charge on any atom is 0.276 e. The van der Waals surface area contributed by atoms with Gasteiger partial charge in [0.25, 0.3) is 16.7 Å². The van der Waals surface area contributed by atoms with Gasteiger partial charge in [0, 0.05) is 113 Å². The number of benzene rings is 3. The molecule has 9 aromatic heterocycles. The van der Waals surface area contributed by atoms with Crippen LogP contribution in [0.1, 0.15) is 110 Å². The number of aromatic hydroxyl groups is 3. The van der Waals surface area contributed by atoms with Crippen molar-refractivity contribution in [2.24, 2.45) is 0 Å². The lowest BCUT2D eigenvalue weighted by Crippen LogP contribution is -2.49. The number of fused-ring (bicyclic) bond motifs is 3. The molecular weight excluding hydrogens is 1950 g/mol. The molecule has 0 aliphatic carbocycles. The van der Waals surface area contributed by atoms with Crippen molar-refractivity contribution < 1.29 is 56.0 Å².